The zero-order valence-electron chi connectivity index (χ0n) is 12.0. The van der Waals surface area contributed by atoms with Crippen molar-refractivity contribution in [1.82, 2.24) is 4.98 Å². The molecule has 0 atom stereocenters. The normalized spacial score (nSPS) is 11.6. The molecule has 0 aliphatic carbocycles. The van der Waals surface area contributed by atoms with E-state index in [1.165, 1.54) is 12.1 Å². The van der Waals surface area contributed by atoms with Crippen LogP contribution in [0.4, 0.5) is 5.69 Å². The highest BCUT2D eigenvalue weighted by molar-refractivity contribution is 7.93. The van der Waals surface area contributed by atoms with Crippen molar-refractivity contribution in [1.29, 1.82) is 0 Å². The van der Waals surface area contributed by atoms with Gasteiger partial charge in [0.1, 0.15) is 4.90 Å². The summed E-state index contributed by atoms with van der Waals surface area (Å²) < 4.78 is 28.0. The van der Waals surface area contributed by atoms with Crippen molar-refractivity contribution in [3.8, 4) is 0 Å². The van der Waals surface area contributed by atoms with Gasteiger partial charge in [0.05, 0.1) is 21.2 Å². The van der Waals surface area contributed by atoms with Gasteiger partial charge < -0.3 is 0 Å². The third-order valence-electron chi connectivity index (χ3n) is 3.28. The minimum absolute atomic E-state index is 0.0695. The number of halogens is 2. The summed E-state index contributed by atoms with van der Waals surface area (Å²) in [6.45, 7) is 1.80. The first-order valence-corrected chi connectivity index (χ1v) is 8.95. The second-order valence-corrected chi connectivity index (χ2v) is 7.42. The maximum Gasteiger partial charge on any atom is 0.264 e. The van der Waals surface area contributed by atoms with E-state index in [1.54, 1.807) is 25.1 Å². The topological polar surface area (TPSA) is 59.1 Å². The molecule has 0 bridgehead atoms. The lowest BCUT2D eigenvalue weighted by molar-refractivity contribution is 0.601. The molecule has 0 unspecified atom stereocenters. The first-order chi connectivity index (χ1) is 10.9. The molecule has 0 saturated carbocycles. The minimum atomic E-state index is -3.92. The van der Waals surface area contributed by atoms with Crippen LogP contribution in [0.2, 0.25) is 10.0 Å². The Bertz CT molecular complexity index is 984. The second kappa shape index (κ2) is 6.00. The summed E-state index contributed by atoms with van der Waals surface area (Å²) in [5.74, 6) is 0. The van der Waals surface area contributed by atoms with Gasteiger partial charge in [-0.2, -0.15) is 0 Å². The van der Waals surface area contributed by atoms with Gasteiger partial charge in [-0.25, -0.2) is 8.42 Å². The predicted octanol–water partition coefficient (Wildman–Crippen LogP) is 4.65. The van der Waals surface area contributed by atoms with Gasteiger partial charge in [0.2, 0.25) is 0 Å². The van der Waals surface area contributed by atoms with Crippen LogP contribution in [0.5, 0.6) is 0 Å². The van der Waals surface area contributed by atoms with Crippen LogP contribution in [-0.2, 0) is 10.0 Å². The zero-order valence-corrected chi connectivity index (χ0v) is 14.4. The van der Waals surface area contributed by atoms with Crippen LogP contribution in [0.3, 0.4) is 0 Å². The number of para-hydroxylation sites is 1. The molecule has 1 aromatic heterocycles. The van der Waals surface area contributed by atoms with E-state index in [-0.39, 0.29) is 14.9 Å². The van der Waals surface area contributed by atoms with Crippen molar-refractivity contribution in [2.45, 2.75) is 11.8 Å². The SMILES string of the molecule is Cc1cc(NS(=O)(=O)c2c(Cl)cccc2Cl)c2ccccc2n1. The number of hydrogen-bond donors (Lipinski definition) is 1. The molecular formula is C16H12Cl2N2O2S. The maximum atomic E-state index is 12.7. The molecule has 23 heavy (non-hydrogen) atoms. The second-order valence-electron chi connectivity index (χ2n) is 4.98. The average molecular weight is 367 g/mol. The number of nitrogens with one attached hydrogen (secondary N) is 1. The third kappa shape index (κ3) is 3.13. The lowest BCUT2D eigenvalue weighted by atomic mass is 10.2. The van der Waals surface area contributed by atoms with Crippen LogP contribution in [0.15, 0.2) is 53.4 Å². The van der Waals surface area contributed by atoms with Crippen LogP contribution in [0.1, 0.15) is 5.69 Å². The van der Waals surface area contributed by atoms with Crippen molar-refractivity contribution >= 4 is 49.8 Å². The highest BCUT2D eigenvalue weighted by Crippen LogP contribution is 2.32. The molecule has 0 saturated heterocycles. The van der Waals surface area contributed by atoms with Gasteiger partial charge in [-0.05, 0) is 31.2 Å². The summed E-state index contributed by atoms with van der Waals surface area (Å²) in [4.78, 5) is 4.25. The molecule has 0 aliphatic heterocycles. The fourth-order valence-corrected chi connectivity index (χ4v) is 4.54. The van der Waals surface area contributed by atoms with Gasteiger partial charge in [0, 0.05) is 11.1 Å². The van der Waals surface area contributed by atoms with E-state index in [9.17, 15) is 8.42 Å². The Morgan fingerprint density at radius 2 is 1.65 bits per heavy atom. The van der Waals surface area contributed by atoms with E-state index in [0.29, 0.717) is 22.3 Å². The molecular weight excluding hydrogens is 355 g/mol. The largest absolute Gasteiger partial charge is 0.279 e. The lowest BCUT2D eigenvalue weighted by Crippen LogP contribution is -2.14. The van der Waals surface area contributed by atoms with E-state index in [1.807, 2.05) is 18.2 Å². The molecule has 3 aromatic rings. The highest BCUT2D eigenvalue weighted by Gasteiger charge is 2.22. The summed E-state index contributed by atoms with van der Waals surface area (Å²) >= 11 is 12.0. The van der Waals surface area contributed by atoms with E-state index >= 15 is 0 Å². The number of hydrogen-bond acceptors (Lipinski definition) is 3. The van der Waals surface area contributed by atoms with Gasteiger partial charge in [0.25, 0.3) is 10.0 Å². The van der Waals surface area contributed by atoms with Gasteiger partial charge >= 0.3 is 0 Å². The molecule has 0 radical (unpaired) electrons. The maximum absolute atomic E-state index is 12.7. The number of pyridine rings is 1. The number of benzene rings is 2. The zero-order chi connectivity index (χ0) is 16.6. The van der Waals surface area contributed by atoms with Crippen LogP contribution < -0.4 is 4.72 Å². The summed E-state index contributed by atoms with van der Waals surface area (Å²) in [7, 11) is -3.92. The van der Waals surface area contributed by atoms with Crippen molar-refractivity contribution < 1.29 is 8.42 Å². The Kier molecular flexibility index (Phi) is 4.19. The Morgan fingerprint density at radius 3 is 2.35 bits per heavy atom. The van der Waals surface area contributed by atoms with Gasteiger partial charge in [0.15, 0.2) is 0 Å². The molecule has 1 N–H and O–H groups in total. The lowest BCUT2D eigenvalue weighted by Gasteiger charge is -2.13. The monoisotopic (exact) mass is 366 g/mol. The molecule has 0 amide bonds. The van der Waals surface area contributed by atoms with Gasteiger partial charge in [-0.1, -0.05) is 47.5 Å². The Balaban J connectivity index is 2.15. The molecule has 0 spiro atoms. The summed E-state index contributed by atoms with van der Waals surface area (Å²) in [5.41, 5.74) is 1.84. The number of nitrogens with zero attached hydrogens (tertiary/aromatic N) is 1. The van der Waals surface area contributed by atoms with Crippen LogP contribution in [-0.4, -0.2) is 13.4 Å². The van der Waals surface area contributed by atoms with E-state index in [0.717, 1.165) is 0 Å². The molecule has 0 aliphatic rings. The molecule has 2 aromatic carbocycles. The van der Waals surface area contributed by atoms with Crippen LogP contribution in [0.25, 0.3) is 10.9 Å². The highest BCUT2D eigenvalue weighted by atomic mass is 35.5. The van der Waals surface area contributed by atoms with Crippen molar-refractivity contribution in [3.05, 3.63) is 64.3 Å². The third-order valence-corrected chi connectivity index (χ3v) is 5.60. The number of aromatic nitrogens is 1. The molecule has 0 fully saturated rings. The van der Waals surface area contributed by atoms with Crippen molar-refractivity contribution in [2.75, 3.05) is 4.72 Å². The number of aryl methyl sites for hydroxylation is 1. The molecule has 7 heteroatoms. The summed E-state index contributed by atoms with van der Waals surface area (Å²) in [6.07, 6.45) is 0. The fourth-order valence-electron chi connectivity index (χ4n) is 2.33. The molecule has 3 rings (SSSR count). The van der Waals surface area contributed by atoms with Gasteiger partial charge in [-0.3, -0.25) is 9.71 Å². The summed E-state index contributed by atoms with van der Waals surface area (Å²) in [6, 6.07) is 13.5. The molecule has 4 nitrogen and oxygen atoms in total. The molecule has 118 valence electrons. The van der Waals surface area contributed by atoms with Gasteiger partial charge in [-0.15, -0.1) is 0 Å². The Hall–Kier alpha value is -1.82. The minimum Gasteiger partial charge on any atom is -0.279 e. The first kappa shape index (κ1) is 16.1. The predicted molar refractivity (Wildman–Crippen MR) is 93.8 cm³/mol. The Morgan fingerprint density at radius 1 is 1.00 bits per heavy atom. The summed E-state index contributed by atoms with van der Waals surface area (Å²) in [5, 5.41) is 0.838. The molecule has 1 heterocycles. The van der Waals surface area contributed by atoms with Crippen molar-refractivity contribution in [3.63, 3.8) is 0 Å². The van der Waals surface area contributed by atoms with E-state index in [4.69, 9.17) is 23.2 Å². The number of fused-ring (bicyclic) bond motifs is 1. The number of anilines is 1. The van der Waals surface area contributed by atoms with Crippen LogP contribution >= 0.6 is 23.2 Å². The fraction of sp³-hybridized carbons (Fsp3) is 0.0625. The van der Waals surface area contributed by atoms with Crippen LogP contribution in [0, 0.1) is 6.92 Å². The average Bonchev–Trinajstić information content (AvgIpc) is 2.46. The number of sulfonamides is 1. The van der Waals surface area contributed by atoms with E-state index in [2.05, 4.69) is 9.71 Å². The standard InChI is InChI=1S/C16H12Cl2N2O2S/c1-10-9-15(11-5-2-3-8-14(11)19-10)20-23(21,22)16-12(17)6-4-7-13(16)18/h2-9H,1H3,(H,19,20). The smallest absolute Gasteiger partial charge is 0.264 e. The quantitative estimate of drug-likeness (QED) is 0.733. The van der Waals surface area contributed by atoms with E-state index < -0.39 is 10.0 Å². The Labute approximate surface area is 144 Å². The first-order valence-electron chi connectivity index (χ1n) is 6.72. The van der Waals surface area contributed by atoms with Crippen molar-refractivity contribution in [2.24, 2.45) is 0 Å². The number of rotatable bonds is 3.